The summed E-state index contributed by atoms with van der Waals surface area (Å²) in [6.45, 7) is 6.54. The van der Waals surface area contributed by atoms with Crippen LogP contribution in [0, 0.1) is 0 Å². The van der Waals surface area contributed by atoms with Crippen molar-refractivity contribution < 1.29 is 28.6 Å². The molecule has 0 amide bonds. The molecule has 0 spiro atoms. The van der Waals surface area contributed by atoms with Crippen LogP contribution in [0.15, 0.2) is 0 Å². The van der Waals surface area contributed by atoms with E-state index in [1.807, 2.05) is 0 Å². The van der Waals surface area contributed by atoms with Gasteiger partial charge in [0.15, 0.2) is 6.10 Å². The van der Waals surface area contributed by atoms with Crippen molar-refractivity contribution in [3.63, 3.8) is 0 Å². The number of ether oxygens (including phenoxy) is 3. The lowest BCUT2D eigenvalue weighted by atomic mass is 10.0. The predicted octanol–water partition coefficient (Wildman–Crippen LogP) is 12.9. The summed E-state index contributed by atoms with van der Waals surface area (Å²) in [6, 6.07) is 0. The van der Waals surface area contributed by atoms with E-state index in [2.05, 4.69) is 20.8 Å². The van der Waals surface area contributed by atoms with E-state index in [0.717, 1.165) is 64.2 Å². The lowest BCUT2D eigenvalue weighted by Crippen LogP contribution is -2.30. The summed E-state index contributed by atoms with van der Waals surface area (Å²) in [5.41, 5.74) is 0. The Labute approximate surface area is 298 Å². The second-order valence-electron chi connectivity index (χ2n) is 14.3. The van der Waals surface area contributed by atoms with Crippen molar-refractivity contribution in [2.75, 3.05) is 13.2 Å². The second-order valence-corrected chi connectivity index (χ2v) is 14.3. The highest BCUT2D eigenvalue weighted by Gasteiger charge is 2.19. The van der Waals surface area contributed by atoms with Crippen LogP contribution in [0.5, 0.6) is 0 Å². The van der Waals surface area contributed by atoms with Gasteiger partial charge in [-0.1, -0.05) is 194 Å². The Balaban J connectivity index is 4.12. The quantitative estimate of drug-likeness (QED) is 0.0367. The summed E-state index contributed by atoms with van der Waals surface area (Å²) in [7, 11) is 0. The first-order valence-corrected chi connectivity index (χ1v) is 21.0. The molecule has 6 nitrogen and oxygen atoms in total. The Morgan fingerprint density at radius 1 is 0.333 bits per heavy atom. The molecular weight excluding hydrogens is 600 g/mol. The van der Waals surface area contributed by atoms with Gasteiger partial charge in [-0.05, 0) is 19.3 Å². The van der Waals surface area contributed by atoms with Gasteiger partial charge in [-0.25, -0.2) is 0 Å². The fourth-order valence-corrected chi connectivity index (χ4v) is 6.15. The van der Waals surface area contributed by atoms with E-state index in [4.69, 9.17) is 14.2 Å². The predicted molar refractivity (Wildman–Crippen MR) is 201 cm³/mol. The molecule has 48 heavy (non-hydrogen) atoms. The molecule has 0 bridgehead atoms. The molecular formula is C42H80O6. The largest absolute Gasteiger partial charge is 0.462 e. The zero-order chi connectivity index (χ0) is 35.2. The van der Waals surface area contributed by atoms with Gasteiger partial charge in [0, 0.05) is 19.3 Å². The Morgan fingerprint density at radius 3 is 0.833 bits per heavy atom. The Hall–Kier alpha value is -1.59. The highest BCUT2D eigenvalue weighted by Crippen LogP contribution is 2.15. The van der Waals surface area contributed by atoms with Crippen molar-refractivity contribution in [3.8, 4) is 0 Å². The minimum atomic E-state index is -0.755. The van der Waals surface area contributed by atoms with Gasteiger partial charge >= 0.3 is 17.9 Å². The van der Waals surface area contributed by atoms with Crippen molar-refractivity contribution in [2.24, 2.45) is 0 Å². The first-order chi connectivity index (χ1) is 23.5. The molecule has 6 heteroatoms. The molecule has 0 saturated heterocycles. The molecule has 0 aliphatic heterocycles. The van der Waals surface area contributed by atoms with Crippen LogP contribution in [0.2, 0.25) is 0 Å². The van der Waals surface area contributed by atoms with E-state index in [0.29, 0.717) is 19.3 Å². The maximum Gasteiger partial charge on any atom is 0.306 e. The SMILES string of the molecule is CCCCCCCCCCCCCCCCCCC(=O)OC[C@H](COC(=O)CCCCCCCCCCC)OC(=O)CCCCCCC. The molecule has 1 atom stereocenters. The zero-order valence-electron chi connectivity index (χ0n) is 32.3. The first-order valence-electron chi connectivity index (χ1n) is 21.0. The molecule has 0 aromatic carbocycles. The number of carbonyl (C=O) groups excluding carboxylic acids is 3. The van der Waals surface area contributed by atoms with Gasteiger partial charge in [0.25, 0.3) is 0 Å². The molecule has 0 saturated carbocycles. The van der Waals surface area contributed by atoms with E-state index >= 15 is 0 Å². The smallest absolute Gasteiger partial charge is 0.306 e. The third kappa shape index (κ3) is 35.7. The molecule has 0 fully saturated rings. The van der Waals surface area contributed by atoms with Crippen molar-refractivity contribution >= 4 is 17.9 Å². The lowest BCUT2D eigenvalue weighted by Gasteiger charge is -2.18. The van der Waals surface area contributed by atoms with Crippen molar-refractivity contribution in [1.29, 1.82) is 0 Å². The van der Waals surface area contributed by atoms with E-state index in [9.17, 15) is 14.4 Å². The summed E-state index contributed by atoms with van der Waals surface area (Å²) in [5.74, 6) is -0.875. The third-order valence-corrected chi connectivity index (χ3v) is 9.36. The lowest BCUT2D eigenvalue weighted by molar-refractivity contribution is -0.167. The highest BCUT2D eigenvalue weighted by atomic mass is 16.6. The Kier molecular flexibility index (Phi) is 36.9. The number of unbranched alkanes of at least 4 members (excludes halogenated alkanes) is 27. The van der Waals surface area contributed by atoms with Crippen LogP contribution in [0.25, 0.3) is 0 Å². The maximum absolute atomic E-state index is 12.5. The zero-order valence-corrected chi connectivity index (χ0v) is 32.3. The van der Waals surface area contributed by atoms with E-state index in [1.54, 1.807) is 0 Å². The van der Waals surface area contributed by atoms with Crippen LogP contribution >= 0.6 is 0 Å². The molecule has 0 N–H and O–H groups in total. The van der Waals surface area contributed by atoms with E-state index < -0.39 is 6.10 Å². The Bertz CT molecular complexity index is 708. The molecule has 0 aromatic heterocycles. The monoisotopic (exact) mass is 681 g/mol. The molecule has 0 radical (unpaired) electrons. The molecule has 0 aromatic rings. The molecule has 0 aliphatic rings. The molecule has 284 valence electrons. The van der Waals surface area contributed by atoms with Gasteiger partial charge < -0.3 is 14.2 Å². The Morgan fingerprint density at radius 2 is 0.562 bits per heavy atom. The number of esters is 3. The molecule has 0 rings (SSSR count). The average Bonchev–Trinajstić information content (AvgIpc) is 3.08. The van der Waals surface area contributed by atoms with Crippen LogP contribution < -0.4 is 0 Å². The van der Waals surface area contributed by atoms with Crippen molar-refractivity contribution in [3.05, 3.63) is 0 Å². The maximum atomic E-state index is 12.5. The van der Waals surface area contributed by atoms with Crippen molar-refractivity contribution in [2.45, 2.75) is 239 Å². The van der Waals surface area contributed by atoms with Crippen LogP contribution in [0.1, 0.15) is 233 Å². The number of rotatable bonds is 38. The van der Waals surface area contributed by atoms with Gasteiger partial charge in [0.05, 0.1) is 0 Å². The number of hydrogen-bond donors (Lipinski definition) is 0. The van der Waals surface area contributed by atoms with E-state index in [1.165, 1.54) is 128 Å². The van der Waals surface area contributed by atoms with E-state index in [-0.39, 0.29) is 31.1 Å². The second kappa shape index (κ2) is 38.2. The fourth-order valence-electron chi connectivity index (χ4n) is 6.15. The summed E-state index contributed by atoms with van der Waals surface area (Å²) in [6.07, 6.45) is 36.9. The minimum absolute atomic E-state index is 0.0649. The van der Waals surface area contributed by atoms with Crippen LogP contribution in [0.4, 0.5) is 0 Å². The summed E-state index contributed by atoms with van der Waals surface area (Å²) in [5, 5.41) is 0. The minimum Gasteiger partial charge on any atom is -0.462 e. The topological polar surface area (TPSA) is 78.9 Å². The summed E-state index contributed by atoms with van der Waals surface area (Å²) < 4.78 is 16.5. The van der Waals surface area contributed by atoms with Gasteiger partial charge in [-0.2, -0.15) is 0 Å². The first kappa shape index (κ1) is 46.4. The average molecular weight is 681 g/mol. The van der Waals surface area contributed by atoms with Crippen LogP contribution in [-0.4, -0.2) is 37.2 Å². The fraction of sp³-hybridized carbons (Fsp3) is 0.929. The summed E-state index contributed by atoms with van der Waals surface area (Å²) in [4.78, 5) is 37.2. The van der Waals surface area contributed by atoms with Gasteiger partial charge in [-0.15, -0.1) is 0 Å². The van der Waals surface area contributed by atoms with Crippen molar-refractivity contribution in [1.82, 2.24) is 0 Å². The molecule has 0 aliphatic carbocycles. The number of carbonyl (C=O) groups is 3. The van der Waals surface area contributed by atoms with Gasteiger partial charge in [0.2, 0.25) is 0 Å². The van der Waals surface area contributed by atoms with Crippen LogP contribution in [0.3, 0.4) is 0 Å². The third-order valence-electron chi connectivity index (χ3n) is 9.36. The number of hydrogen-bond acceptors (Lipinski definition) is 6. The molecule has 0 unspecified atom stereocenters. The highest BCUT2D eigenvalue weighted by molar-refractivity contribution is 5.71. The van der Waals surface area contributed by atoms with Gasteiger partial charge in [-0.3, -0.25) is 14.4 Å². The standard InChI is InChI=1S/C42H80O6/c1-4-7-10-13-15-17-18-19-20-21-22-23-25-27-30-32-35-41(44)47-38-39(48-42(45)36-33-28-12-9-6-3)37-46-40(43)34-31-29-26-24-16-14-11-8-5-2/h39H,4-38H2,1-3H3/t39-/m0/s1. The summed E-state index contributed by atoms with van der Waals surface area (Å²) >= 11 is 0. The molecule has 0 heterocycles. The van der Waals surface area contributed by atoms with Crippen LogP contribution in [-0.2, 0) is 28.6 Å². The normalized spacial score (nSPS) is 11.8. The van der Waals surface area contributed by atoms with Gasteiger partial charge in [0.1, 0.15) is 13.2 Å².